The van der Waals surface area contributed by atoms with Crippen LogP contribution in [-0.2, 0) is 10.0 Å². The third-order valence-electron chi connectivity index (χ3n) is 2.77. The molecule has 0 aliphatic carbocycles. The summed E-state index contributed by atoms with van der Waals surface area (Å²) in [4.78, 5) is 16.0. The number of hydrogen-bond acceptors (Lipinski definition) is 5. The quantitative estimate of drug-likeness (QED) is 0.893. The van der Waals surface area contributed by atoms with Crippen molar-refractivity contribution in [3.63, 3.8) is 0 Å². The van der Waals surface area contributed by atoms with E-state index in [0.717, 1.165) is 5.41 Å². The predicted octanol–water partition coefficient (Wildman–Crippen LogP) is 2.47. The lowest BCUT2D eigenvalue weighted by molar-refractivity contribution is 0.0979. The number of nitrogens with zero attached hydrogens (tertiary/aromatic N) is 1. The molecule has 0 saturated heterocycles. The monoisotopic (exact) mass is 352 g/mol. The minimum atomic E-state index is -3.96. The van der Waals surface area contributed by atoms with Gasteiger partial charge in [0.15, 0.2) is 0 Å². The Balaban J connectivity index is 2.17. The number of pyridine rings is 1. The van der Waals surface area contributed by atoms with Gasteiger partial charge in [0.25, 0.3) is 15.9 Å². The van der Waals surface area contributed by atoms with Gasteiger partial charge >= 0.3 is 0 Å². The molecule has 2 aromatic rings. The van der Waals surface area contributed by atoms with Crippen LogP contribution in [0.5, 0.6) is 5.75 Å². The van der Waals surface area contributed by atoms with E-state index >= 15 is 0 Å². The van der Waals surface area contributed by atoms with Gasteiger partial charge in [-0.1, -0.05) is 17.7 Å². The number of nitrogens with one attached hydrogen (secondary N) is 1. The van der Waals surface area contributed by atoms with E-state index in [0.29, 0.717) is 10.6 Å². The van der Waals surface area contributed by atoms with E-state index in [2.05, 4.69) is 4.98 Å². The maximum absolute atomic E-state index is 12.1. The number of methoxy groups -OCH3 is 1. The van der Waals surface area contributed by atoms with E-state index in [9.17, 15) is 13.2 Å². The molecule has 2 rings (SSSR count). The molecule has 6 nitrogen and oxygen atoms in total. The second kappa shape index (κ2) is 7.26. The molecule has 8 heteroatoms. The molecular formula is C15H13ClN2O4S. The van der Waals surface area contributed by atoms with Gasteiger partial charge in [0, 0.05) is 17.4 Å². The lowest BCUT2D eigenvalue weighted by Gasteiger charge is -2.08. The van der Waals surface area contributed by atoms with Crippen molar-refractivity contribution >= 4 is 33.6 Å². The number of hydrogen-bond donors (Lipinski definition) is 1. The zero-order chi connectivity index (χ0) is 16.9. The van der Waals surface area contributed by atoms with Crippen LogP contribution in [0.3, 0.4) is 0 Å². The Morgan fingerprint density at radius 3 is 2.78 bits per heavy atom. The number of benzene rings is 1. The first-order valence-electron chi connectivity index (χ1n) is 6.40. The Labute approximate surface area is 138 Å². The maximum Gasteiger partial charge on any atom is 0.268 e. The van der Waals surface area contributed by atoms with E-state index in [-0.39, 0.29) is 11.3 Å². The first kappa shape index (κ1) is 17.0. The summed E-state index contributed by atoms with van der Waals surface area (Å²) in [6.45, 7) is 0. The average Bonchev–Trinajstić information content (AvgIpc) is 2.53. The van der Waals surface area contributed by atoms with Crippen LogP contribution in [0, 0.1) is 0 Å². The molecule has 0 radical (unpaired) electrons. The van der Waals surface area contributed by atoms with Gasteiger partial charge in [-0.15, -0.1) is 0 Å². The summed E-state index contributed by atoms with van der Waals surface area (Å²) in [7, 11) is -2.60. The normalized spacial score (nSPS) is 11.4. The molecule has 1 aromatic carbocycles. The fourth-order valence-electron chi connectivity index (χ4n) is 1.71. The molecule has 0 spiro atoms. The summed E-state index contributed by atoms with van der Waals surface area (Å²) in [5.74, 6) is -0.629. The van der Waals surface area contributed by atoms with Crippen molar-refractivity contribution in [2.75, 3.05) is 7.11 Å². The van der Waals surface area contributed by atoms with Crippen molar-refractivity contribution in [1.82, 2.24) is 9.71 Å². The topological polar surface area (TPSA) is 85.4 Å². The molecular weight excluding hydrogens is 340 g/mol. The highest BCUT2D eigenvalue weighted by Gasteiger charge is 2.17. The standard InChI is InChI=1S/C15H13ClN2O4S/c1-22-14-9-12(16)4-5-13(14)15(19)18-23(20,21)8-6-11-3-2-7-17-10-11/h2-10H,1H3,(H,18,19)/b8-6+. The number of carbonyl (C=O) groups excluding carboxylic acids is 1. The van der Waals surface area contributed by atoms with Crippen LogP contribution < -0.4 is 9.46 Å². The highest BCUT2D eigenvalue weighted by molar-refractivity contribution is 7.93. The van der Waals surface area contributed by atoms with Gasteiger partial charge in [0.05, 0.1) is 18.1 Å². The lowest BCUT2D eigenvalue weighted by atomic mass is 10.2. The molecule has 0 fully saturated rings. The molecule has 23 heavy (non-hydrogen) atoms. The van der Waals surface area contributed by atoms with Gasteiger partial charge in [-0.25, -0.2) is 13.1 Å². The Bertz CT molecular complexity index is 836. The zero-order valence-corrected chi connectivity index (χ0v) is 13.6. The van der Waals surface area contributed by atoms with E-state index in [1.165, 1.54) is 37.6 Å². The van der Waals surface area contributed by atoms with Crippen LogP contribution in [0.4, 0.5) is 0 Å². The van der Waals surface area contributed by atoms with Crippen LogP contribution in [0.15, 0.2) is 48.1 Å². The van der Waals surface area contributed by atoms with Crippen molar-refractivity contribution in [1.29, 1.82) is 0 Å². The molecule has 120 valence electrons. The van der Waals surface area contributed by atoms with Gasteiger partial charge < -0.3 is 4.74 Å². The second-order valence-electron chi connectivity index (χ2n) is 4.41. The predicted molar refractivity (Wildman–Crippen MR) is 87.7 cm³/mol. The number of amides is 1. The van der Waals surface area contributed by atoms with Crippen LogP contribution in [-0.4, -0.2) is 26.4 Å². The lowest BCUT2D eigenvalue weighted by Crippen LogP contribution is -2.29. The highest BCUT2D eigenvalue weighted by atomic mass is 35.5. The van der Waals surface area contributed by atoms with Gasteiger partial charge in [-0.2, -0.15) is 0 Å². The molecule has 1 amide bonds. The minimum Gasteiger partial charge on any atom is -0.496 e. The summed E-state index contributed by atoms with van der Waals surface area (Å²) < 4.78 is 30.9. The van der Waals surface area contributed by atoms with Gasteiger partial charge in [0.2, 0.25) is 0 Å². The van der Waals surface area contributed by atoms with E-state index in [1.807, 2.05) is 4.72 Å². The fourth-order valence-corrected chi connectivity index (χ4v) is 2.65. The summed E-state index contributed by atoms with van der Waals surface area (Å²) in [6.07, 6.45) is 4.40. The SMILES string of the molecule is COc1cc(Cl)ccc1C(=O)NS(=O)(=O)/C=C/c1cccnc1. The second-order valence-corrected chi connectivity index (χ2v) is 6.41. The van der Waals surface area contributed by atoms with Gasteiger partial charge in [-0.05, 0) is 35.9 Å². The van der Waals surface area contributed by atoms with E-state index < -0.39 is 15.9 Å². The van der Waals surface area contributed by atoms with Crippen molar-refractivity contribution in [3.8, 4) is 5.75 Å². The van der Waals surface area contributed by atoms with E-state index in [4.69, 9.17) is 16.3 Å². The summed E-state index contributed by atoms with van der Waals surface area (Å²) in [5.41, 5.74) is 0.657. The number of carbonyl (C=O) groups is 1. The van der Waals surface area contributed by atoms with Gasteiger partial charge in [-0.3, -0.25) is 9.78 Å². The number of rotatable bonds is 5. The molecule has 0 unspecified atom stereocenters. The number of halogens is 1. The van der Waals surface area contributed by atoms with Gasteiger partial charge in [0.1, 0.15) is 5.75 Å². The number of ether oxygens (including phenoxy) is 1. The molecule has 1 heterocycles. The van der Waals surface area contributed by atoms with Crippen molar-refractivity contribution < 1.29 is 17.9 Å². The summed E-state index contributed by atoms with van der Waals surface area (Å²) >= 11 is 5.80. The molecule has 0 atom stereocenters. The van der Waals surface area contributed by atoms with Crippen molar-refractivity contribution in [3.05, 3.63) is 64.3 Å². The van der Waals surface area contributed by atoms with E-state index in [1.54, 1.807) is 18.3 Å². The van der Waals surface area contributed by atoms with Crippen LogP contribution in [0.2, 0.25) is 5.02 Å². The Kier molecular flexibility index (Phi) is 5.36. The maximum atomic E-state index is 12.1. The fraction of sp³-hybridized carbons (Fsp3) is 0.0667. The van der Waals surface area contributed by atoms with Crippen molar-refractivity contribution in [2.24, 2.45) is 0 Å². The molecule has 0 bridgehead atoms. The van der Waals surface area contributed by atoms with Crippen LogP contribution >= 0.6 is 11.6 Å². The molecule has 1 aromatic heterocycles. The minimum absolute atomic E-state index is 0.0650. The molecule has 0 aliphatic rings. The molecule has 0 saturated carbocycles. The molecule has 0 aliphatic heterocycles. The number of sulfonamides is 1. The van der Waals surface area contributed by atoms with Crippen molar-refractivity contribution in [2.45, 2.75) is 0 Å². The Morgan fingerprint density at radius 2 is 2.13 bits per heavy atom. The molecule has 1 N–H and O–H groups in total. The summed E-state index contributed by atoms with van der Waals surface area (Å²) in [5, 5.41) is 1.27. The first-order chi connectivity index (χ1) is 10.9. The number of aromatic nitrogens is 1. The highest BCUT2D eigenvalue weighted by Crippen LogP contribution is 2.23. The first-order valence-corrected chi connectivity index (χ1v) is 8.32. The Morgan fingerprint density at radius 1 is 1.35 bits per heavy atom. The smallest absolute Gasteiger partial charge is 0.268 e. The third kappa shape index (κ3) is 4.80. The Hall–Kier alpha value is -2.38. The third-order valence-corrected chi connectivity index (χ3v) is 3.97. The largest absolute Gasteiger partial charge is 0.496 e. The average molecular weight is 353 g/mol. The zero-order valence-electron chi connectivity index (χ0n) is 12.1. The van der Waals surface area contributed by atoms with Crippen LogP contribution in [0.25, 0.3) is 6.08 Å². The van der Waals surface area contributed by atoms with Crippen LogP contribution in [0.1, 0.15) is 15.9 Å². The summed E-state index contributed by atoms with van der Waals surface area (Å²) in [6, 6.07) is 7.63.